The van der Waals surface area contributed by atoms with Crippen LogP contribution in [0, 0.1) is 21.4 Å². The van der Waals surface area contributed by atoms with E-state index in [1.165, 1.54) is 18.2 Å². The number of benzene rings is 1. The Bertz CT molecular complexity index is 745. The highest BCUT2D eigenvalue weighted by Crippen LogP contribution is 2.22. The topological polar surface area (TPSA) is 129 Å². The van der Waals surface area contributed by atoms with Crippen LogP contribution in [0.2, 0.25) is 0 Å². The number of non-ortho nitro benzene ring substituents is 1. The normalized spacial score (nSPS) is 9.86. The monoisotopic (exact) mass is 287 g/mol. The molecule has 0 aliphatic rings. The number of furan rings is 1. The van der Waals surface area contributed by atoms with Gasteiger partial charge < -0.3 is 14.8 Å². The predicted octanol–water partition coefficient (Wildman–Crippen LogP) is 2.37. The zero-order valence-electron chi connectivity index (χ0n) is 10.6. The molecule has 0 spiro atoms. The molecule has 0 saturated carbocycles. The van der Waals surface area contributed by atoms with Gasteiger partial charge in [0.1, 0.15) is 18.1 Å². The Morgan fingerprint density at radius 2 is 2.24 bits per heavy atom. The van der Waals surface area contributed by atoms with E-state index in [1.54, 1.807) is 0 Å². The molecule has 0 aliphatic carbocycles. The van der Waals surface area contributed by atoms with Gasteiger partial charge in [0.05, 0.1) is 28.3 Å². The molecule has 1 heterocycles. The molecule has 8 heteroatoms. The summed E-state index contributed by atoms with van der Waals surface area (Å²) in [5.41, 5.74) is 0.366. The summed E-state index contributed by atoms with van der Waals surface area (Å²) in [6, 6.07) is 7.06. The molecule has 2 rings (SSSR count). The fourth-order valence-electron chi connectivity index (χ4n) is 1.66. The maximum atomic E-state index is 10.7. The number of carboxylic acid groups (broad SMARTS) is 1. The summed E-state index contributed by atoms with van der Waals surface area (Å²) in [7, 11) is 0. The lowest BCUT2D eigenvalue weighted by Gasteiger charge is -2.06. The minimum absolute atomic E-state index is 0.0241. The van der Waals surface area contributed by atoms with E-state index >= 15 is 0 Å². The molecule has 21 heavy (non-hydrogen) atoms. The molecular formula is C13H9N3O5. The van der Waals surface area contributed by atoms with E-state index < -0.39 is 10.9 Å². The van der Waals surface area contributed by atoms with Gasteiger partial charge in [0.15, 0.2) is 0 Å². The lowest BCUT2D eigenvalue weighted by Crippen LogP contribution is -2.01. The van der Waals surface area contributed by atoms with E-state index in [9.17, 15) is 14.9 Å². The molecule has 8 nitrogen and oxygen atoms in total. The number of hydrogen-bond acceptors (Lipinski definition) is 6. The maximum Gasteiger partial charge on any atom is 0.338 e. The Morgan fingerprint density at radius 1 is 1.48 bits per heavy atom. The second-order valence-electron chi connectivity index (χ2n) is 4.06. The largest absolute Gasteiger partial charge is 0.478 e. The van der Waals surface area contributed by atoms with Gasteiger partial charge in [0, 0.05) is 12.1 Å². The molecule has 0 radical (unpaired) electrons. The molecule has 0 amide bonds. The van der Waals surface area contributed by atoms with E-state index in [0.29, 0.717) is 11.4 Å². The van der Waals surface area contributed by atoms with Crippen molar-refractivity contribution in [2.45, 2.75) is 6.54 Å². The number of anilines is 1. The van der Waals surface area contributed by atoms with E-state index in [4.69, 9.17) is 14.8 Å². The number of nitrogens with zero attached hydrogens (tertiary/aromatic N) is 2. The molecule has 106 valence electrons. The number of nitriles is 1. The summed E-state index contributed by atoms with van der Waals surface area (Å²) in [6.07, 6.45) is 1.11. The predicted molar refractivity (Wildman–Crippen MR) is 70.8 cm³/mol. The lowest BCUT2D eigenvalue weighted by atomic mass is 10.1. The highest BCUT2D eigenvalue weighted by molar-refractivity contribution is 5.87. The van der Waals surface area contributed by atoms with Crippen molar-refractivity contribution >= 4 is 17.3 Å². The molecule has 1 aromatic carbocycles. The average molecular weight is 287 g/mol. The molecule has 1 aromatic heterocycles. The van der Waals surface area contributed by atoms with E-state index in [1.807, 2.05) is 6.07 Å². The number of carbonyl (C=O) groups is 1. The second kappa shape index (κ2) is 5.75. The minimum atomic E-state index is -1.10. The van der Waals surface area contributed by atoms with Gasteiger partial charge in [0.2, 0.25) is 0 Å². The van der Waals surface area contributed by atoms with Gasteiger partial charge in [-0.05, 0) is 12.1 Å². The molecular weight excluding hydrogens is 278 g/mol. The first kappa shape index (κ1) is 14.1. The van der Waals surface area contributed by atoms with Crippen LogP contribution in [0.5, 0.6) is 0 Å². The summed E-state index contributed by atoms with van der Waals surface area (Å²) in [5.74, 6) is -0.729. The SMILES string of the molecule is N#Cc1cc([N+](=O)[O-])ccc1NCc1cc(C(=O)O)co1. The second-order valence-corrected chi connectivity index (χ2v) is 4.06. The van der Waals surface area contributed by atoms with Crippen LogP contribution in [0.25, 0.3) is 0 Å². The van der Waals surface area contributed by atoms with Crippen LogP contribution < -0.4 is 5.32 Å². The van der Waals surface area contributed by atoms with Crippen LogP contribution in [0.3, 0.4) is 0 Å². The van der Waals surface area contributed by atoms with Gasteiger partial charge in [-0.2, -0.15) is 5.26 Å². The first-order valence-electron chi connectivity index (χ1n) is 5.74. The fourth-order valence-corrected chi connectivity index (χ4v) is 1.66. The van der Waals surface area contributed by atoms with Gasteiger partial charge in [-0.1, -0.05) is 0 Å². The van der Waals surface area contributed by atoms with Crippen molar-refractivity contribution in [1.29, 1.82) is 5.26 Å². The van der Waals surface area contributed by atoms with Gasteiger partial charge >= 0.3 is 5.97 Å². The summed E-state index contributed by atoms with van der Waals surface area (Å²) in [5, 5.41) is 31.2. The van der Waals surface area contributed by atoms with Gasteiger partial charge in [-0.25, -0.2) is 4.79 Å². The third-order valence-corrected chi connectivity index (χ3v) is 2.69. The standard InChI is InChI=1S/C13H9N3O5/c14-5-8-3-10(16(19)20)1-2-12(8)15-6-11-4-9(7-21-11)13(17)18/h1-4,7,15H,6H2,(H,17,18). The molecule has 0 atom stereocenters. The summed E-state index contributed by atoms with van der Waals surface area (Å²) >= 11 is 0. The number of nitro groups is 1. The van der Waals surface area contributed by atoms with Gasteiger partial charge in [-0.3, -0.25) is 10.1 Å². The Hall–Kier alpha value is -3.34. The van der Waals surface area contributed by atoms with Crippen molar-refractivity contribution in [1.82, 2.24) is 0 Å². The number of aromatic carboxylic acids is 1. The molecule has 0 unspecified atom stereocenters. The number of carboxylic acids is 1. The lowest BCUT2D eigenvalue weighted by molar-refractivity contribution is -0.384. The quantitative estimate of drug-likeness (QED) is 0.637. The summed E-state index contributed by atoms with van der Waals surface area (Å²) in [4.78, 5) is 20.7. The van der Waals surface area contributed by atoms with Gasteiger partial charge in [-0.15, -0.1) is 0 Å². The molecule has 2 aromatic rings. The Labute approximate surface area is 118 Å². The molecule has 2 N–H and O–H groups in total. The van der Waals surface area contributed by atoms with Crippen LogP contribution in [-0.2, 0) is 6.54 Å². The van der Waals surface area contributed by atoms with Crippen LogP contribution in [0.15, 0.2) is 34.9 Å². The van der Waals surface area contributed by atoms with E-state index in [2.05, 4.69) is 5.32 Å². The van der Waals surface area contributed by atoms with Crippen LogP contribution in [0.4, 0.5) is 11.4 Å². The molecule has 0 bridgehead atoms. The van der Waals surface area contributed by atoms with Crippen LogP contribution >= 0.6 is 0 Å². The van der Waals surface area contributed by atoms with Crippen molar-refractivity contribution in [2.75, 3.05) is 5.32 Å². The molecule has 0 saturated heterocycles. The van der Waals surface area contributed by atoms with Crippen molar-refractivity contribution in [2.24, 2.45) is 0 Å². The first-order chi connectivity index (χ1) is 10.0. The number of rotatable bonds is 5. The van der Waals surface area contributed by atoms with Crippen LogP contribution in [0.1, 0.15) is 21.7 Å². The molecule has 0 fully saturated rings. The van der Waals surface area contributed by atoms with E-state index in [0.717, 1.165) is 12.3 Å². The Morgan fingerprint density at radius 3 is 2.81 bits per heavy atom. The number of nitro benzene ring substituents is 1. The smallest absolute Gasteiger partial charge is 0.338 e. The Balaban J connectivity index is 2.14. The first-order valence-corrected chi connectivity index (χ1v) is 5.74. The number of hydrogen-bond donors (Lipinski definition) is 2. The van der Waals surface area contributed by atoms with Crippen molar-refractivity contribution in [3.8, 4) is 6.07 Å². The highest BCUT2D eigenvalue weighted by Gasteiger charge is 2.12. The van der Waals surface area contributed by atoms with Crippen molar-refractivity contribution in [3.05, 3.63) is 57.5 Å². The maximum absolute atomic E-state index is 10.7. The zero-order valence-corrected chi connectivity index (χ0v) is 10.6. The zero-order chi connectivity index (χ0) is 15.4. The van der Waals surface area contributed by atoms with Crippen molar-refractivity contribution in [3.63, 3.8) is 0 Å². The third-order valence-electron chi connectivity index (χ3n) is 2.69. The fraction of sp³-hybridized carbons (Fsp3) is 0.0769. The minimum Gasteiger partial charge on any atom is -0.478 e. The van der Waals surface area contributed by atoms with Crippen molar-refractivity contribution < 1.29 is 19.2 Å². The molecule has 0 aliphatic heterocycles. The third kappa shape index (κ3) is 3.16. The van der Waals surface area contributed by atoms with Crippen LogP contribution in [-0.4, -0.2) is 16.0 Å². The summed E-state index contributed by atoms with van der Waals surface area (Å²) in [6.45, 7) is 0.153. The summed E-state index contributed by atoms with van der Waals surface area (Å²) < 4.78 is 5.05. The number of nitrogens with one attached hydrogen (secondary N) is 1. The van der Waals surface area contributed by atoms with Gasteiger partial charge in [0.25, 0.3) is 5.69 Å². The average Bonchev–Trinajstić information content (AvgIpc) is 2.93. The van der Waals surface area contributed by atoms with E-state index in [-0.39, 0.29) is 23.4 Å². The Kier molecular flexibility index (Phi) is 3.85. The highest BCUT2D eigenvalue weighted by atomic mass is 16.6.